The Morgan fingerprint density at radius 3 is 2.10 bits per heavy atom. The molecular formula is C21H31Cl2N3O3. The predicted octanol–water partition coefficient (Wildman–Crippen LogP) is 4.88. The molecular weight excluding hydrogens is 413 g/mol. The number of anilines is 1. The molecule has 0 bridgehead atoms. The van der Waals surface area contributed by atoms with E-state index in [0.717, 1.165) is 12.0 Å². The number of amides is 1. The van der Waals surface area contributed by atoms with Crippen molar-refractivity contribution in [2.45, 2.75) is 53.2 Å². The van der Waals surface area contributed by atoms with E-state index in [1.54, 1.807) is 6.07 Å². The summed E-state index contributed by atoms with van der Waals surface area (Å²) < 4.78 is 5.61. The summed E-state index contributed by atoms with van der Waals surface area (Å²) in [5.41, 5.74) is -0.104. The SMILES string of the molecule is CC(C)(C)OC(=O)N([C@@H](C=O)C(C)(C)C)N1CCN(c2ccc(Cl)c(Cl)c2)CC1. The van der Waals surface area contributed by atoms with E-state index in [1.165, 1.54) is 5.01 Å². The molecule has 0 aliphatic carbocycles. The lowest BCUT2D eigenvalue weighted by molar-refractivity contribution is -0.131. The van der Waals surface area contributed by atoms with E-state index in [0.29, 0.717) is 36.2 Å². The molecule has 6 nitrogen and oxygen atoms in total. The largest absolute Gasteiger partial charge is 0.443 e. The maximum Gasteiger partial charge on any atom is 0.425 e. The van der Waals surface area contributed by atoms with Crippen LogP contribution in [-0.4, -0.2) is 60.2 Å². The van der Waals surface area contributed by atoms with Crippen molar-refractivity contribution in [1.29, 1.82) is 0 Å². The van der Waals surface area contributed by atoms with Crippen molar-refractivity contribution in [1.82, 2.24) is 10.0 Å². The average molecular weight is 444 g/mol. The first-order valence-electron chi connectivity index (χ1n) is 9.76. The van der Waals surface area contributed by atoms with Crippen LogP contribution in [0.4, 0.5) is 10.5 Å². The van der Waals surface area contributed by atoms with Gasteiger partial charge in [-0.2, -0.15) is 0 Å². The van der Waals surface area contributed by atoms with E-state index in [2.05, 4.69) is 4.90 Å². The van der Waals surface area contributed by atoms with Gasteiger partial charge in [0.25, 0.3) is 0 Å². The molecule has 1 aromatic rings. The van der Waals surface area contributed by atoms with Gasteiger partial charge in [0.1, 0.15) is 17.9 Å². The summed E-state index contributed by atoms with van der Waals surface area (Å²) in [5.74, 6) is 0. The zero-order valence-electron chi connectivity index (χ0n) is 18.0. The fourth-order valence-corrected chi connectivity index (χ4v) is 3.49. The van der Waals surface area contributed by atoms with Crippen molar-refractivity contribution in [3.63, 3.8) is 0 Å². The highest BCUT2D eigenvalue weighted by Crippen LogP contribution is 2.30. The van der Waals surface area contributed by atoms with Gasteiger partial charge in [-0.15, -0.1) is 0 Å². The summed E-state index contributed by atoms with van der Waals surface area (Å²) in [6.07, 6.45) is 0.322. The van der Waals surface area contributed by atoms with Gasteiger partial charge >= 0.3 is 6.09 Å². The minimum atomic E-state index is -0.650. The molecule has 162 valence electrons. The lowest BCUT2D eigenvalue weighted by Gasteiger charge is -2.46. The highest BCUT2D eigenvalue weighted by atomic mass is 35.5. The quantitative estimate of drug-likeness (QED) is 0.620. The number of carbonyl (C=O) groups excluding carboxylic acids is 2. The standard InChI is InChI=1S/C21H31Cl2N3O3/c1-20(2,3)18(14-27)26(19(28)29-21(4,5)6)25-11-9-24(10-12-25)15-7-8-16(22)17(23)13-15/h7-8,13-14,18H,9-12H2,1-6H3/t18-/m0/s1. The van der Waals surface area contributed by atoms with E-state index in [9.17, 15) is 9.59 Å². The molecule has 1 aromatic carbocycles. The lowest BCUT2D eigenvalue weighted by atomic mass is 9.87. The number of rotatable bonds is 4. The first-order chi connectivity index (χ1) is 13.3. The van der Waals surface area contributed by atoms with Crippen molar-refractivity contribution >= 4 is 41.3 Å². The molecule has 2 rings (SSSR count). The monoisotopic (exact) mass is 443 g/mol. The van der Waals surface area contributed by atoms with Crippen LogP contribution in [0.5, 0.6) is 0 Å². The number of halogens is 2. The molecule has 0 N–H and O–H groups in total. The fourth-order valence-electron chi connectivity index (χ4n) is 3.19. The highest BCUT2D eigenvalue weighted by Gasteiger charge is 2.40. The molecule has 0 aromatic heterocycles. The minimum absolute atomic E-state index is 0.431. The number of benzene rings is 1. The Morgan fingerprint density at radius 2 is 1.66 bits per heavy atom. The van der Waals surface area contributed by atoms with Crippen LogP contribution in [0.3, 0.4) is 0 Å². The van der Waals surface area contributed by atoms with Crippen LogP contribution in [0.15, 0.2) is 18.2 Å². The number of hydrogen-bond donors (Lipinski definition) is 0. The molecule has 1 atom stereocenters. The average Bonchev–Trinajstić information content (AvgIpc) is 2.59. The normalized spacial score (nSPS) is 17.0. The Hall–Kier alpha value is -1.50. The number of ether oxygens (including phenoxy) is 1. The molecule has 1 heterocycles. The van der Waals surface area contributed by atoms with E-state index in [-0.39, 0.29) is 0 Å². The topological polar surface area (TPSA) is 53.1 Å². The molecule has 29 heavy (non-hydrogen) atoms. The number of carbonyl (C=O) groups is 2. The Morgan fingerprint density at radius 1 is 1.07 bits per heavy atom. The summed E-state index contributed by atoms with van der Waals surface area (Å²) >= 11 is 12.2. The third kappa shape index (κ3) is 6.24. The zero-order chi connectivity index (χ0) is 22.0. The van der Waals surface area contributed by atoms with Crippen LogP contribution in [0, 0.1) is 5.41 Å². The number of hydrazine groups is 1. The summed E-state index contributed by atoms with van der Waals surface area (Å²) in [5, 5.41) is 4.43. The molecule has 0 spiro atoms. The van der Waals surface area contributed by atoms with Crippen molar-refractivity contribution < 1.29 is 14.3 Å². The van der Waals surface area contributed by atoms with E-state index in [4.69, 9.17) is 27.9 Å². The maximum atomic E-state index is 13.0. The summed E-state index contributed by atoms with van der Waals surface area (Å²) in [7, 11) is 0. The van der Waals surface area contributed by atoms with Gasteiger partial charge in [-0.1, -0.05) is 44.0 Å². The van der Waals surface area contributed by atoms with Gasteiger partial charge in [0, 0.05) is 31.9 Å². The van der Waals surface area contributed by atoms with E-state index < -0.39 is 23.2 Å². The summed E-state index contributed by atoms with van der Waals surface area (Å²) in [6.45, 7) is 13.8. The van der Waals surface area contributed by atoms with Crippen molar-refractivity contribution in [2.24, 2.45) is 5.41 Å². The second kappa shape index (κ2) is 9.11. The number of hydrogen-bond acceptors (Lipinski definition) is 5. The van der Waals surface area contributed by atoms with Crippen LogP contribution in [0.25, 0.3) is 0 Å². The number of nitrogens with zero attached hydrogens (tertiary/aromatic N) is 3. The van der Waals surface area contributed by atoms with Gasteiger partial charge < -0.3 is 14.4 Å². The molecule has 0 radical (unpaired) electrons. The Labute approximate surface area is 183 Å². The van der Waals surface area contributed by atoms with Crippen LogP contribution in [0.2, 0.25) is 10.0 Å². The second-order valence-corrected chi connectivity index (χ2v) is 10.1. The number of piperazine rings is 1. The first-order valence-corrected chi connectivity index (χ1v) is 10.5. The van der Waals surface area contributed by atoms with Gasteiger partial charge in [-0.25, -0.2) is 14.8 Å². The van der Waals surface area contributed by atoms with Crippen LogP contribution in [-0.2, 0) is 9.53 Å². The Balaban J connectivity index is 2.20. The molecule has 1 fully saturated rings. The Bertz CT molecular complexity index is 736. The lowest BCUT2D eigenvalue weighted by Crippen LogP contribution is -2.62. The van der Waals surface area contributed by atoms with Crippen LogP contribution in [0.1, 0.15) is 41.5 Å². The zero-order valence-corrected chi connectivity index (χ0v) is 19.5. The van der Waals surface area contributed by atoms with Gasteiger partial charge in [0.2, 0.25) is 0 Å². The third-order valence-corrected chi connectivity index (χ3v) is 5.43. The maximum absolute atomic E-state index is 13.0. The first kappa shape index (κ1) is 23.8. The van der Waals surface area contributed by atoms with Gasteiger partial charge in [0.15, 0.2) is 0 Å². The minimum Gasteiger partial charge on any atom is -0.443 e. The molecule has 0 saturated carbocycles. The van der Waals surface area contributed by atoms with Gasteiger partial charge in [-0.3, -0.25) is 0 Å². The molecule has 1 aliphatic heterocycles. The van der Waals surface area contributed by atoms with E-state index in [1.807, 2.05) is 58.7 Å². The van der Waals surface area contributed by atoms with E-state index >= 15 is 0 Å². The third-order valence-electron chi connectivity index (χ3n) is 4.69. The molecule has 8 heteroatoms. The second-order valence-electron chi connectivity index (χ2n) is 9.31. The molecule has 1 aliphatic rings. The van der Waals surface area contributed by atoms with Crippen LogP contribution >= 0.6 is 23.2 Å². The van der Waals surface area contributed by atoms with Crippen molar-refractivity contribution in [2.75, 3.05) is 31.1 Å². The molecule has 1 amide bonds. The predicted molar refractivity (Wildman–Crippen MR) is 118 cm³/mol. The van der Waals surface area contributed by atoms with Crippen molar-refractivity contribution in [3.05, 3.63) is 28.2 Å². The highest BCUT2D eigenvalue weighted by molar-refractivity contribution is 6.42. The van der Waals surface area contributed by atoms with Crippen molar-refractivity contribution in [3.8, 4) is 0 Å². The smallest absolute Gasteiger partial charge is 0.425 e. The van der Waals surface area contributed by atoms with Gasteiger partial charge in [-0.05, 0) is 44.4 Å². The number of aldehydes is 1. The van der Waals surface area contributed by atoms with Gasteiger partial charge in [0.05, 0.1) is 10.0 Å². The molecule has 1 saturated heterocycles. The Kier molecular flexibility index (Phi) is 7.47. The fraction of sp³-hybridized carbons (Fsp3) is 0.619. The van der Waals surface area contributed by atoms with Crippen LogP contribution < -0.4 is 4.90 Å². The summed E-state index contributed by atoms with van der Waals surface area (Å²) in [4.78, 5) is 27.1. The summed E-state index contributed by atoms with van der Waals surface area (Å²) in [6, 6.07) is 4.92. The molecule has 0 unspecified atom stereocenters.